The third-order valence-electron chi connectivity index (χ3n) is 2.18. The van der Waals surface area contributed by atoms with E-state index in [1.54, 1.807) is 6.92 Å². The zero-order chi connectivity index (χ0) is 12.1. The van der Waals surface area contributed by atoms with Gasteiger partial charge in [0.05, 0.1) is 6.07 Å². The van der Waals surface area contributed by atoms with Gasteiger partial charge in [-0.3, -0.25) is 0 Å². The monoisotopic (exact) mass is 221 g/mol. The SMILES string of the molecule is CC(C#N)N(C)C(=O)Nc1ccc(F)cc1. The molecular formula is C11H12FN3O. The van der Waals surface area contributed by atoms with Crippen LogP contribution in [0.25, 0.3) is 0 Å². The molecule has 16 heavy (non-hydrogen) atoms. The summed E-state index contributed by atoms with van der Waals surface area (Å²) < 4.78 is 12.6. The van der Waals surface area contributed by atoms with E-state index in [0.29, 0.717) is 5.69 Å². The average Bonchev–Trinajstić information content (AvgIpc) is 2.30. The minimum atomic E-state index is -0.513. The van der Waals surface area contributed by atoms with E-state index in [9.17, 15) is 9.18 Å². The summed E-state index contributed by atoms with van der Waals surface area (Å²) >= 11 is 0. The first-order valence-electron chi connectivity index (χ1n) is 4.73. The number of nitrogens with one attached hydrogen (secondary N) is 1. The molecular weight excluding hydrogens is 209 g/mol. The van der Waals surface area contributed by atoms with Crippen molar-refractivity contribution in [2.24, 2.45) is 0 Å². The van der Waals surface area contributed by atoms with E-state index in [-0.39, 0.29) is 5.82 Å². The largest absolute Gasteiger partial charge is 0.322 e. The van der Waals surface area contributed by atoms with E-state index in [2.05, 4.69) is 5.32 Å². The molecule has 0 fully saturated rings. The van der Waals surface area contributed by atoms with Gasteiger partial charge in [0.1, 0.15) is 11.9 Å². The highest BCUT2D eigenvalue weighted by atomic mass is 19.1. The molecule has 4 nitrogen and oxygen atoms in total. The fourth-order valence-corrected chi connectivity index (χ4v) is 1.01. The number of anilines is 1. The highest BCUT2D eigenvalue weighted by Crippen LogP contribution is 2.09. The number of carbonyl (C=O) groups is 1. The molecule has 1 aromatic carbocycles. The van der Waals surface area contributed by atoms with Gasteiger partial charge in [-0.1, -0.05) is 0 Å². The summed E-state index contributed by atoms with van der Waals surface area (Å²) in [5.41, 5.74) is 0.489. The quantitative estimate of drug-likeness (QED) is 0.832. The number of urea groups is 1. The summed E-state index contributed by atoms with van der Waals surface area (Å²) in [4.78, 5) is 12.8. The molecule has 0 aromatic heterocycles. The van der Waals surface area contributed by atoms with Gasteiger partial charge in [0.25, 0.3) is 0 Å². The molecule has 1 N–H and O–H groups in total. The Morgan fingerprint density at radius 2 is 2.06 bits per heavy atom. The molecule has 0 radical (unpaired) electrons. The molecule has 2 amide bonds. The molecule has 1 rings (SSSR count). The van der Waals surface area contributed by atoms with Crippen molar-refractivity contribution in [3.8, 4) is 6.07 Å². The number of amides is 2. The summed E-state index contributed by atoms with van der Waals surface area (Å²) in [5, 5.41) is 11.2. The summed E-state index contributed by atoms with van der Waals surface area (Å²) in [7, 11) is 1.52. The summed E-state index contributed by atoms with van der Waals surface area (Å²) in [6.07, 6.45) is 0. The first-order valence-corrected chi connectivity index (χ1v) is 4.73. The van der Waals surface area contributed by atoms with Crippen molar-refractivity contribution in [3.63, 3.8) is 0 Å². The third-order valence-corrected chi connectivity index (χ3v) is 2.18. The number of nitriles is 1. The number of carbonyl (C=O) groups excluding carboxylic acids is 1. The minimum absolute atomic E-state index is 0.364. The highest BCUT2D eigenvalue weighted by molar-refractivity contribution is 5.89. The molecule has 0 bridgehead atoms. The van der Waals surface area contributed by atoms with Crippen LogP contribution in [0.4, 0.5) is 14.9 Å². The van der Waals surface area contributed by atoms with Crippen LogP contribution in [0.5, 0.6) is 0 Å². The van der Waals surface area contributed by atoms with Gasteiger partial charge in [-0.2, -0.15) is 5.26 Å². The molecule has 0 saturated heterocycles. The maximum atomic E-state index is 12.6. The number of hydrogen-bond acceptors (Lipinski definition) is 2. The fourth-order valence-electron chi connectivity index (χ4n) is 1.01. The van der Waals surface area contributed by atoms with Crippen LogP contribution in [0.1, 0.15) is 6.92 Å². The van der Waals surface area contributed by atoms with Crippen molar-refractivity contribution in [3.05, 3.63) is 30.1 Å². The van der Waals surface area contributed by atoms with Gasteiger partial charge in [0, 0.05) is 12.7 Å². The Morgan fingerprint density at radius 3 is 2.56 bits per heavy atom. The van der Waals surface area contributed by atoms with Crippen molar-refractivity contribution >= 4 is 11.7 Å². The van der Waals surface area contributed by atoms with Gasteiger partial charge in [-0.25, -0.2) is 9.18 Å². The summed E-state index contributed by atoms with van der Waals surface area (Å²) in [6.45, 7) is 1.62. The average molecular weight is 221 g/mol. The van der Waals surface area contributed by atoms with Gasteiger partial charge in [-0.15, -0.1) is 0 Å². The van der Waals surface area contributed by atoms with Crippen LogP contribution in [0.3, 0.4) is 0 Å². The second-order valence-electron chi connectivity index (χ2n) is 3.35. The number of halogens is 1. The van der Waals surface area contributed by atoms with Gasteiger partial charge in [-0.05, 0) is 31.2 Å². The minimum Gasteiger partial charge on any atom is -0.312 e. The van der Waals surface area contributed by atoms with Gasteiger partial charge >= 0.3 is 6.03 Å². The van der Waals surface area contributed by atoms with Crippen LogP contribution in [0.15, 0.2) is 24.3 Å². The lowest BCUT2D eigenvalue weighted by Crippen LogP contribution is -2.37. The van der Waals surface area contributed by atoms with E-state index >= 15 is 0 Å². The van der Waals surface area contributed by atoms with Crippen LogP contribution in [-0.2, 0) is 0 Å². The Labute approximate surface area is 93.3 Å². The molecule has 0 heterocycles. The zero-order valence-corrected chi connectivity index (χ0v) is 9.07. The van der Waals surface area contributed by atoms with E-state index in [1.807, 2.05) is 6.07 Å². The van der Waals surface area contributed by atoms with Crippen LogP contribution in [0.2, 0.25) is 0 Å². The Balaban J connectivity index is 2.65. The maximum absolute atomic E-state index is 12.6. The van der Waals surface area contributed by atoms with Crippen LogP contribution < -0.4 is 5.32 Å². The second kappa shape index (κ2) is 5.12. The first kappa shape index (κ1) is 12.0. The van der Waals surface area contributed by atoms with Crippen molar-refractivity contribution in [1.82, 2.24) is 4.90 Å². The summed E-state index contributed by atoms with van der Waals surface area (Å²) in [5.74, 6) is -0.364. The number of nitrogens with zero attached hydrogens (tertiary/aromatic N) is 2. The fraction of sp³-hybridized carbons (Fsp3) is 0.273. The molecule has 0 spiro atoms. The molecule has 1 unspecified atom stereocenters. The lowest BCUT2D eigenvalue weighted by molar-refractivity contribution is 0.217. The van der Waals surface area contributed by atoms with Gasteiger partial charge in [0.2, 0.25) is 0 Å². The molecule has 1 aromatic rings. The van der Waals surface area contributed by atoms with Crippen molar-refractivity contribution in [1.29, 1.82) is 5.26 Å². The lowest BCUT2D eigenvalue weighted by atomic mass is 10.3. The number of hydrogen-bond donors (Lipinski definition) is 1. The third kappa shape index (κ3) is 2.95. The topological polar surface area (TPSA) is 56.1 Å². The molecule has 0 aliphatic carbocycles. The summed E-state index contributed by atoms with van der Waals surface area (Å²) in [6, 6.07) is 6.45. The zero-order valence-electron chi connectivity index (χ0n) is 9.07. The predicted molar refractivity (Wildman–Crippen MR) is 58.3 cm³/mol. The maximum Gasteiger partial charge on any atom is 0.322 e. The smallest absolute Gasteiger partial charge is 0.312 e. The van der Waals surface area contributed by atoms with E-state index in [0.717, 1.165) is 0 Å². The van der Waals surface area contributed by atoms with Crippen LogP contribution in [-0.4, -0.2) is 24.0 Å². The van der Waals surface area contributed by atoms with Crippen LogP contribution >= 0.6 is 0 Å². The van der Waals surface area contributed by atoms with E-state index < -0.39 is 12.1 Å². The molecule has 1 atom stereocenters. The van der Waals surface area contributed by atoms with Gasteiger partial charge in [0.15, 0.2) is 0 Å². The normalized spacial score (nSPS) is 11.4. The van der Waals surface area contributed by atoms with Crippen molar-refractivity contribution in [2.75, 3.05) is 12.4 Å². The van der Waals surface area contributed by atoms with Gasteiger partial charge < -0.3 is 10.2 Å². The van der Waals surface area contributed by atoms with Crippen molar-refractivity contribution < 1.29 is 9.18 Å². The second-order valence-corrected chi connectivity index (χ2v) is 3.35. The Morgan fingerprint density at radius 1 is 1.50 bits per heavy atom. The molecule has 0 aliphatic heterocycles. The predicted octanol–water partition coefficient (Wildman–Crippen LogP) is 2.20. The molecule has 84 valence electrons. The molecule has 5 heteroatoms. The molecule has 0 saturated carbocycles. The van der Waals surface area contributed by atoms with Crippen molar-refractivity contribution in [2.45, 2.75) is 13.0 Å². The standard InChI is InChI=1S/C11H12FN3O/c1-8(7-13)15(2)11(16)14-10-5-3-9(12)4-6-10/h3-6,8H,1-2H3,(H,14,16). The number of benzene rings is 1. The van der Waals surface area contributed by atoms with E-state index in [4.69, 9.17) is 5.26 Å². The first-order chi connectivity index (χ1) is 7.54. The molecule has 0 aliphatic rings. The van der Waals surface area contributed by atoms with E-state index in [1.165, 1.54) is 36.2 Å². The highest BCUT2D eigenvalue weighted by Gasteiger charge is 2.14. The Hall–Kier alpha value is -2.09. The Kier molecular flexibility index (Phi) is 3.84. The van der Waals surface area contributed by atoms with Crippen LogP contribution in [0, 0.1) is 17.1 Å². The number of rotatable bonds is 2. The lowest BCUT2D eigenvalue weighted by Gasteiger charge is -2.19. The Bertz CT molecular complexity index is 410.